The largest absolute Gasteiger partial charge is 0.469 e. The van der Waals surface area contributed by atoms with E-state index < -0.39 is 48.5 Å². The van der Waals surface area contributed by atoms with E-state index in [4.69, 9.17) is 38.4 Å². The molecule has 4 aromatic rings. The maximum absolute atomic E-state index is 13.6. The molecule has 18 nitrogen and oxygen atoms in total. The molecule has 2 amide bonds. The van der Waals surface area contributed by atoms with Crippen molar-refractivity contribution in [2.75, 3.05) is 20.8 Å². The van der Waals surface area contributed by atoms with Gasteiger partial charge in [0.15, 0.2) is 18.4 Å². The van der Waals surface area contributed by atoms with Gasteiger partial charge in [-0.2, -0.15) is 0 Å². The molecule has 4 aliphatic heterocycles. The van der Waals surface area contributed by atoms with Gasteiger partial charge in [0.25, 0.3) is 0 Å². The Hall–Kier alpha value is -8.38. The number of aromatic amines is 2. The topological polar surface area (TPSA) is 230 Å². The molecule has 4 atom stereocenters. The highest BCUT2D eigenvalue weighted by Crippen LogP contribution is 2.42. The Balaban J connectivity index is 1.27. The highest BCUT2D eigenvalue weighted by Gasteiger charge is 2.53. The minimum Gasteiger partial charge on any atom is -0.469 e. The van der Waals surface area contributed by atoms with Crippen LogP contribution in [0.3, 0.4) is 0 Å². The number of aromatic nitrogens is 4. The molecular weight excluding hydrogens is 997 g/mol. The molecule has 78 heavy (non-hydrogen) atoms. The number of benzene rings is 1. The van der Waals surface area contributed by atoms with Gasteiger partial charge in [0.05, 0.1) is 42.5 Å². The smallest absolute Gasteiger partial charge is 0.328 e. The first-order chi connectivity index (χ1) is 37.2. The number of allylic oxidation sites excluding steroid dienone is 5. The van der Waals surface area contributed by atoms with Crippen molar-refractivity contribution in [1.82, 2.24) is 30.2 Å². The van der Waals surface area contributed by atoms with Crippen molar-refractivity contribution in [3.05, 3.63) is 123 Å². The number of H-pyrrole nitrogens is 2. The number of nitrogens with zero attached hydrogens (tertiary/aromatic N) is 3. The number of methoxy groups -OCH3 is 2. The van der Waals surface area contributed by atoms with E-state index in [1.807, 2.05) is 50.3 Å². The lowest BCUT2D eigenvalue weighted by Crippen LogP contribution is -2.52. The molecule has 0 radical (unpaired) electrons. The molecule has 3 aromatic heterocycles. The molecule has 1 aromatic carbocycles. The highest BCUT2D eigenvalue weighted by atomic mass is 16.7. The predicted molar refractivity (Wildman–Crippen MR) is 295 cm³/mol. The van der Waals surface area contributed by atoms with Crippen LogP contribution in [0, 0.1) is 13.8 Å². The summed E-state index contributed by atoms with van der Waals surface area (Å²) in [6, 6.07) is 13.6. The monoisotopic (exact) mass is 1060 g/mol. The molecular formula is C60H66N6O12. The summed E-state index contributed by atoms with van der Waals surface area (Å²) in [6.07, 6.45) is 2.94. The van der Waals surface area contributed by atoms with E-state index in [2.05, 4.69) is 61.7 Å². The number of urea groups is 1. The maximum Gasteiger partial charge on any atom is 0.328 e. The van der Waals surface area contributed by atoms with Crippen LogP contribution in [0.15, 0.2) is 72.6 Å². The summed E-state index contributed by atoms with van der Waals surface area (Å²) in [7, 11) is 2.77. The summed E-state index contributed by atoms with van der Waals surface area (Å²) in [5.41, 5.74) is 18.0. The summed E-state index contributed by atoms with van der Waals surface area (Å²) in [5, 5.41) is 2.75. The van der Waals surface area contributed by atoms with E-state index in [0.717, 1.165) is 107 Å². The van der Waals surface area contributed by atoms with Crippen molar-refractivity contribution >= 4 is 86.3 Å². The normalized spacial score (nSPS) is 18.3. The van der Waals surface area contributed by atoms with Crippen LogP contribution < -0.4 is 5.32 Å². The molecule has 1 fully saturated rings. The molecule has 4 aliphatic rings. The Bertz CT molecular complexity index is 3450. The number of carbonyl (C=O) groups excluding carboxylic acids is 6. The van der Waals surface area contributed by atoms with Crippen LogP contribution in [0.4, 0.5) is 4.79 Å². The van der Waals surface area contributed by atoms with Gasteiger partial charge in [0.2, 0.25) is 0 Å². The van der Waals surface area contributed by atoms with Crippen LogP contribution in [-0.4, -0.2) is 106 Å². The quantitative estimate of drug-likeness (QED) is 0.0700. The average Bonchev–Trinajstić information content (AvgIpc) is 4.33. The van der Waals surface area contributed by atoms with Crippen LogP contribution in [0.5, 0.6) is 0 Å². The molecule has 0 aliphatic carbocycles. The van der Waals surface area contributed by atoms with Gasteiger partial charge in [-0.1, -0.05) is 56.8 Å². The lowest BCUT2D eigenvalue weighted by molar-refractivity contribution is -0.166. The van der Waals surface area contributed by atoms with Crippen LogP contribution in [0.1, 0.15) is 125 Å². The lowest BCUT2D eigenvalue weighted by Gasteiger charge is -2.33. The van der Waals surface area contributed by atoms with E-state index in [9.17, 15) is 28.8 Å². The summed E-state index contributed by atoms with van der Waals surface area (Å²) >= 11 is 0. The number of rotatable bonds is 16. The molecule has 8 bridgehead atoms. The minimum atomic E-state index is -1.28. The second-order valence-electron chi connectivity index (χ2n) is 19.5. The molecule has 8 rings (SSSR count). The number of nitrogens with one attached hydrogen (secondary N) is 3. The number of amides is 2. The van der Waals surface area contributed by atoms with Crippen molar-refractivity contribution in [2.24, 2.45) is 0 Å². The Morgan fingerprint density at radius 3 is 1.99 bits per heavy atom. The van der Waals surface area contributed by atoms with E-state index in [0.29, 0.717) is 36.2 Å². The van der Waals surface area contributed by atoms with Gasteiger partial charge in [-0.15, -0.1) is 0 Å². The number of hydrogen-bond donors (Lipinski definition) is 3. The van der Waals surface area contributed by atoms with E-state index in [1.54, 1.807) is 6.08 Å². The molecule has 18 heteroatoms. The zero-order chi connectivity index (χ0) is 56.3. The second kappa shape index (κ2) is 23.5. The Labute approximate surface area is 452 Å². The minimum absolute atomic E-state index is 0.172. The fourth-order valence-corrected chi connectivity index (χ4v) is 10.6. The van der Waals surface area contributed by atoms with Crippen LogP contribution >= 0.6 is 0 Å². The second-order valence-corrected chi connectivity index (χ2v) is 19.5. The molecule has 0 unspecified atom stereocenters. The van der Waals surface area contributed by atoms with E-state index in [-0.39, 0.29) is 31.4 Å². The summed E-state index contributed by atoms with van der Waals surface area (Å²) in [4.78, 5) is 94.5. The molecule has 3 N–H and O–H groups in total. The Kier molecular flexibility index (Phi) is 16.8. The third kappa shape index (κ3) is 11.5. The van der Waals surface area contributed by atoms with Gasteiger partial charge in [0.1, 0.15) is 12.7 Å². The average molecular weight is 1060 g/mol. The highest BCUT2D eigenvalue weighted by molar-refractivity contribution is 6.01. The van der Waals surface area contributed by atoms with Crippen LogP contribution in [0.25, 0.3) is 61.6 Å². The lowest BCUT2D eigenvalue weighted by atomic mass is 9.95. The fourth-order valence-electron chi connectivity index (χ4n) is 10.6. The molecule has 7 heterocycles. The van der Waals surface area contributed by atoms with Gasteiger partial charge < -0.3 is 43.7 Å². The molecule has 1 saturated heterocycles. The predicted octanol–water partition coefficient (Wildman–Crippen LogP) is 10.1. The number of esters is 5. The number of fused-ring (bicyclic) bond motifs is 8. The summed E-state index contributed by atoms with van der Waals surface area (Å²) in [5.74, 6) is -2.65. The number of carbonyl (C=O) groups is 6. The van der Waals surface area contributed by atoms with Crippen LogP contribution in [0.2, 0.25) is 0 Å². The number of hydrogen-bond acceptors (Lipinski definition) is 14. The maximum atomic E-state index is 13.6. The Morgan fingerprint density at radius 2 is 1.35 bits per heavy atom. The van der Waals surface area contributed by atoms with E-state index in [1.165, 1.54) is 46.1 Å². The standard InChI is InChI=1S/C60H66N6O12/c1-13-41-32(5)55-54(39-18-15-38(16-19-39)17-20-40-28-66(60(72)61-34(40)7)59-58(77-37(10)69)57(76-36(9)68)51(78-59)29-75-35(8)67)56-33(6)42(14-2)48(65-56)26-46-31(4)44(22-24-53(71)74-12)50(63-46)27-49-43(21-23-52(70)73-11)30(3)45(62-49)25-47(41)64-55/h15-20,25-28,51,57-59,62,65H,7,13-14,21-24,29H2,1-6,8-12H3,(H,61,72)/b20-17+,45-25?,46-26?,47-25?,48-26?,49-27?,50-27?,55-54?,56-54?/t51-,57-,58-,59-/m1/s1. The number of aryl methyl sites for hydroxylation is 4. The molecule has 0 saturated carbocycles. The van der Waals surface area contributed by atoms with Crippen molar-refractivity contribution in [2.45, 2.75) is 125 Å². The first-order valence-electron chi connectivity index (χ1n) is 26.0. The van der Waals surface area contributed by atoms with Gasteiger partial charge in [-0.3, -0.25) is 28.9 Å². The zero-order valence-electron chi connectivity index (χ0n) is 46.0. The van der Waals surface area contributed by atoms with Crippen molar-refractivity contribution in [3.8, 4) is 11.1 Å². The number of ether oxygens (including phenoxy) is 6. The fraction of sp³-hybridized carbons (Fsp3) is 0.367. The van der Waals surface area contributed by atoms with Gasteiger partial charge in [-0.25, -0.2) is 14.8 Å². The van der Waals surface area contributed by atoms with Gasteiger partial charge in [-0.05, 0) is 127 Å². The summed E-state index contributed by atoms with van der Waals surface area (Å²) < 4.78 is 32.6. The zero-order valence-corrected chi connectivity index (χ0v) is 46.0. The van der Waals surface area contributed by atoms with Crippen molar-refractivity contribution < 1.29 is 57.2 Å². The first-order valence-corrected chi connectivity index (χ1v) is 26.0. The van der Waals surface area contributed by atoms with Crippen LogP contribution in [-0.2, 0) is 65.2 Å². The third-order valence-corrected chi connectivity index (χ3v) is 14.6. The molecule has 408 valence electrons. The van der Waals surface area contributed by atoms with Crippen molar-refractivity contribution in [3.63, 3.8) is 0 Å². The third-order valence-electron chi connectivity index (χ3n) is 14.6. The Morgan fingerprint density at radius 1 is 0.718 bits per heavy atom. The van der Waals surface area contributed by atoms with Gasteiger partial charge in [0, 0.05) is 73.2 Å². The molecule has 0 spiro atoms. The SMILES string of the molecule is C=C1NC(=O)N([C@@H]2O[C@H](COC(C)=O)[C@@H](OC(C)=O)[C@H]2OC(C)=O)C=C1/C=C/c1ccc(-c2c3nc(cc4[nH]c(cc5nc(cc6[nH]c2c(C)c6CC)C(C)=C5CCC(=O)OC)c(CCC(=O)OC)c4C)C(CC)=C3C)cc1. The van der Waals surface area contributed by atoms with E-state index >= 15 is 0 Å². The van der Waals surface area contributed by atoms with Gasteiger partial charge >= 0.3 is 35.9 Å². The first kappa shape index (κ1) is 55.8. The summed E-state index contributed by atoms with van der Waals surface area (Å²) in [6.45, 7) is 19.9. The van der Waals surface area contributed by atoms with Crippen molar-refractivity contribution in [1.29, 1.82) is 0 Å².